The number of hydrogen-bond donors (Lipinski definition) is 1. The van der Waals surface area contributed by atoms with Gasteiger partial charge in [0, 0.05) is 26.2 Å². The lowest BCUT2D eigenvalue weighted by Crippen LogP contribution is -2.49. The van der Waals surface area contributed by atoms with Crippen LogP contribution in [-0.2, 0) is 11.0 Å². The molecule has 0 atom stereocenters. The number of hydrogen-bond acceptors (Lipinski definition) is 4. The summed E-state index contributed by atoms with van der Waals surface area (Å²) >= 11 is 0. The second-order valence-corrected chi connectivity index (χ2v) is 6.52. The zero-order chi connectivity index (χ0) is 22.1. The number of rotatable bonds is 4. The number of para-hydroxylation sites is 1. The van der Waals surface area contributed by atoms with Crippen molar-refractivity contribution < 1.29 is 35.5 Å². The van der Waals surface area contributed by atoms with Gasteiger partial charge in [0.15, 0.2) is 0 Å². The van der Waals surface area contributed by atoms with Gasteiger partial charge in [-0.05, 0) is 12.1 Å². The van der Waals surface area contributed by atoms with E-state index in [4.69, 9.17) is 0 Å². The molecule has 0 bridgehead atoms. The Morgan fingerprint density at radius 2 is 1.53 bits per heavy atom. The van der Waals surface area contributed by atoms with Crippen LogP contribution < -0.4 is 10.2 Å². The number of halogens is 7. The average molecular weight is 436 g/mol. The van der Waals surface area contributed by atoms with Gasteiger partial charge in [-0.1, -0.05) is 12.1 Å². The Bertz CT molecular complexity index is 917. The molecule has 0 radical (unpaired) electrons. The lowest BCUT2D eigenvalue weighted by molar-refractivity contribution is -0.137. The van der Waals surface area contributed by atoms with E-state index in [1.165, 1.54) is 17.0 Å². The molecule has 1 aliphatic rings. The van der Waals surface area contributed by atoms with Crippen molar-refractivity contribution >= 4 is 17.3 Å². The molecular weight excluding hydrogens is 421 g/mol. The smallest absolute Gasteiger partial charge is 0.364 e. The zero-order valence-corrected chi connectivity index (χ0v) is 15.2. The number of carbonyl (C=O) groups is 1. The topological polar surface area (TPSA) is 48.5 Å². The van der Waals surface area contributed by atoms with Gasteiger partial charge in [0.1, 0.15) is 5.69 Å². The highest BCUT2D eigenvalue weighted by Crippen LogP contribution is 2.34. The Balaban J connectivity index is 1.62. The van der Waals surface area contributed by atoms with E-state index in [0.717, 1.165) is 17.0 Å². The second-order valence-electron chi connectivity index (χ2n) is 6.52. The standard InChI is InChI=1S/C18H15F7N4O/c19-13-15(14(20)17(22)27-16(13)21)29-7-5-28(6-8-29)9-12(30)26-11-4-2-1-3-10(11)18(23,24)25/h1-4H,5-9H2,(H,26,30). The molecule has 1 N–H and O–H groups in total. The third-order valence-electron chi connectivity index (χ3n) is 4.54. The maximum Gasteiger partial charge on any atom is 0.418 e. The van der Waals surface area contributed by atoms with Crippen LogP contribution in [0.4, 0.5) is 42.1 Å². The van der Waals surface area contributed by atoms with E-state index in [1.54, 1.807) is 0 Å². The van der Waals surface area contributed by atoms with Gasteiger partial charge in [-0.15, -0.1) is 0 Å². The molecule has 1 aromatic carbocycles. The largest absolute Gasteiger partial charge is 0.418 e. The van der Waals surface area contributed by atoms with Crippen LogP contribution >= 0.6 is 0 Å². The molecule has 1 amide bonds. The summed E-state index contributed by atoms with van der Waals surface area (Å²) in [6.45, 7) is -0.242. The van der Waals surface area contributed by atoms with Gasteiger partial charge in [0.05, 0.1) is 17.8 Å². The molecule has 30 heavy (non-hydrogen) atoms. The fraction of sp³-hybridized carbons (Fsp3) is 0.333. The van der Waals surface area contributed by atoms with E-state index in [-0.39, 0.29) is 38.4 Å². The Hall–Kier alpha value is -2.89. The highest BCUT2D eigenvalue weighted by Gasteiger charge is 2.34. The minimum atomic E-state index is -4.64. The Kier molecular flexibility index (Phi) is 6.15. The SMILES string of the molecule is O=C(CN1CCN(c2c(F)c(F)nc(F)c2F)CC1)Nc1ccccc1C(F)(F)F. The van der Waals surface area contributed by atoms with Crippen LogP contribution in [-0.4, -0.2) is 48.5 Å². The summed E-state index contributed by atoms with van der Waals surface area (Å²) < 4.78 is 93.3. The highest BCUT2D eigenvalue weighted by atomic mass is 19.4. The van der Waals surface area contributed by atoms with E-state index < -0.39 is 46.9 Å². The minimum absolute atomic E-state index is 0.0663. The number of nitrogens with zero attached hydrogens (tertiary/aromatic N) is 3. The molecule has 0 saturated carbocycles. The molecule has 0 aliphatic carbocycles. The minimum Gasteiger partial charge on any atom is -0.364 e. The number of benzene rings is 1. The molecule has 3 rings (SSSR count). The molecule has 1 aromatic heterocycles. The third-order valence-corrected chi connectivity index (χ3v) is 4.54. The van der Waals surface area contributed by atoms with Crippen molar-refractivity contribution in [2.24, 2.45) is 0 Å². The van der Waals surface area contributed by atoms with Crippen molar-refractivity contribution in [1.29, 1.82) is 0 Å². The van der Waals surface area contributed by atoms with Crippen LogP contribution in [0.2, 0.25) is 0 Å². The number of pyridine rings is 1. The molecule has 1 fully saturated rings. The first-order valence-electron chi connectivity index (χ1n) is 8.71. The van der Waals surface area contributed by atoms with Crippen LogP contribution in [0.3, 0.4) is 0 Å². The van der Waals surface area contributed by atoms with Crippen LogP contribution in [0.5, 0.6) is 0 Å². The summed E-state index contributed by atoms with van der Waals surface area (Å²) in [6.07, 6.45) is -4.64. The van der Waals surface area contributed by atoms with E-state index >= 15 is 0 Å². The quantitative estimate of drug-likeness (QED) is 0.590. The van der Waals surface area contributed by atoms with Crippen LogP contribution in [0.1, 0.15) is 5.56 Å². The summed E-state index contributed by atoms with van der Waals surface area (Å²) in [5, 5.41) is 2.20. The van der Waals surface area contributed by atoms with Crippen molar-refractivity contribution in [3.8, 4) is 0 Å². The van der Waals surface area contributed by atoms with Crippen LogP contribution in [0.25, 0.3) is 0 Å². The zero-order valence-electron chi connectivity index (χ0n) is 15.2. The number of anilines is 2. The number of nitrogens with one attached hydrogen (secondary N) is 1. The predicted molar refractivity (Wildman–Crippen MR) is 92.8 cm³/mol. The van der Waals surface area contributed by atoms with Crippen LogP contribution in [0, 0.1) is 23.5 Å². The summed E-state index contributed by atoms with van der Waals surface area (Å²) in [5.74, 6) is -7.49. The van der Waals surface area contributed by atoms with E-state index in [0.29, 0.717) is 0 Å². The molecule has 2 aromatic rings. The van der Waals surface area contributed by atoms with E-state index in [1.807, 2.05) is 0 Å². The van der Waals surface area contributed by atoms with Crippen LogP contribution in [0.15, 0.2) is 24.3 Å². The van der Waals surface area contributed by atoms with Gasteiger partial charge < -0.3 is 10.2 Å². The fourth-order valence-corrected chi connectivity index (χ4v) is 3.12. The van der Waals surface area contributed by atoms with Gasteiger partial charge in [0.25, 0.3) is 11.9 Å². The first kappa shape index (κ1) is 21.8. The number of aromatic nitrogens is 1. The van der Waals surface area contributed by atoms with Crippen molar-refractivity contribution in [2.45, 2.75) is 6.18 Å². The van der Waals surface area contributed by atoms with Gasteiger partial charge >= 0.3 is 6.18 Å². The monoisotopic (exact) mass is 436 g/mol. The van der Waals surface area contributed by atoms with Crippen molar-refractivity contribution in [2.75, 3.05) is 42.9 Å². The number of piperazine rings is 1. The maximum atomic E-state index is 13.9. The maximum absolute atomic E-state index is 13.9. The normalized spacial score (nSPS) is 15.4. The summed E-state index contributed by atoms with van der Waals surface area (Å²) in [4.78, 5) is 17.2. The molecule has 1 aliphatic heterocycles. The molecule has 0 spiro atoms. The van der Waals surface area contributed by atoms with Gasteiger partial charge in [-0.3, -0.25) is 9.69 Å². The van der Waals surface area contributed by atoms with Crippen molar-refractivity contribution in [3.63, 3.8) is 0 Å². The van der Waals surface area contributed by atoms with Gasteiger partial charge in [-0.25, -0.2) is 0 Å². The number of alkyl halides is 3. The van der Waals surface area contributed by atoms with Crippen molar-refractivity contribution in [3.05, 3.63) is 53.4 Å². The molecule has 5 nitrogen and oxygen atoms in total. The predicted octanol–water partition coefficient (Wildman–Crippen LogP) is 3.42. The molecule has 0 unspecified atom stereocenters. The molecule has 2 heterocycles. The molecule has 162 valence electrons. The molecular formula is C18H15F7N4O. The Morgan fingerprint density at radius 1 is 0.967 bits per heavy atom. The first-order valence-corrected chi connectivity index (χ1v) is 8.71. The van der Waals surface area contributed by atoms with Gasteiger partial charge in [0.2, 0.25) is 17.5 Å². The van der Waals surface area contributed by atoms with Gasteiger partial charge in [-0.2, -0.15) is 35.7 Å². The Labute approximate surface area is 166 Å². The summed E-state index contributed by atoms with van der Waals surface area (Å²) in [6, 6.07) is 4.50. The Morgan fingerprint density at radius 3 is 2.10 bits per heavy atom. The third kappa shape index (κ3) is 4.64. The summed E-state index contributed by atoms with van der Waals surface area (Å²) in [7, 11) is 0. The lowest BCUT2D eigenvalue weighted by Gasteiger charge is -2.35. The van der Waals surface area contributed by atoms with E-state index in [9.17, 15) is 35.5 Å². The first-order chi connectivity index (χ1) is 14.1. The fourth-order valence-electron chi connectivity index (χ4n) is 3.12. The average Bonchev–Trinajstić information content (AvgIpc) is 2.67. The van der Waals surface area contributed by atoms with E-state index in [2.05, 4.69) is 10.3 Å². The number of carbonyl (C=O) groups excluding carboxylic acids is 1. The molecule has 12 heteroatoms. The highest BCUT2D eigenvalue weighted by molar-refractivity contribution is 5.93. The second kappa shape index (κ2) is 8.46. The number of amides is 1. The molecule has 1 saturated heterocycles. The summed E-state index contributed by atoms with van der Waals surface area (Å²) in [5.41, 5.74) is -2.26. The lowest BCUT2D eigenvalue weighted by atomic mass is 10.1. The van der Waals surface area contributed by atoms with Crippen molar-refractivity contribution in [1.82, 2.24) is 9.88 Å².